The molecule has 5 heteroatoms. The van der Waals surface area contributed by atoms with Crippen molar-refractivity contribution in [2.45, 2.75) is 32.2 Å². The summed E-state index contributed by atoms with van der Waals surface area (Å²) >= 11 is 0. The number of likely N-dealkylation sites (tertiary alicyclic amines) is 1. The number of benzene rings is 2. The summed E-state index contributed by atoms with van der Waals surface area (Å²) in [4.78, 5) is 20.4. The van der Waals surface area contributed by atoms with Crippen molar-refractivity contribution in [2.24, 2.45) is 11.8 Å². The van der Waals surface area contributed by atoms with E-state index in [2.05, 4.69) is 35.2 Å². The molecule has 2 heterocycles. The van der Waals surface area contributed by atoms with Crippen LogP contribution >= 0.6 is 0 Å². The molecule has 0 amide bonds. The van der Waals surface area contributed by atoms with Gasteiger partial charge in [-0.1, -0.05) is 24.3 Å². The van der Waals surface area contributed by atoms with Crippen LogP contribution in [0.15, 0.2) is 48.5 Å². The molecular weight excluding hydrogens is 400 g/mol. The third-order valence-corrected chi connectivity index (χ3v) is 7.08. The van der Waals surface area contributed by atoms with Crippen LogP contribution in [-0.4, -0.2) is 43.0 Å². The maximum atomic E-state index is 13.0. The lowest BCUT2D eigenvalue weighted by molar-refractivity contribution is 0.0895. The normalized spacial score (nSPS) is 19.3. The highest BCUT2D eigenvalue weighted by atomic mass is 16.5. The molecule has 0 bridgehead atoms. The first kappa shape index (κ1) is 21.0. The van der Waals surface area contributed by atoms with Crippen molar-refractivity contribution in [3.63, 3.8) is 0 Å². The van der Waals surface area contributed by atoms with Gasteiger partial charge in [-0.25, -0.2) is 0 Å². The molecule has 5 rings (SSSR count). The number of para-hydroxylation sites is 1. The zero-order chi connectivity index (χ0) is 22.1. The highest BCUT2D eigenvalue weighted by Crippen LogP contribution is 2.39. The van der Waals surface area contributed by atoms with E-state index in [0.29, 0.717) is 17.4 Å². The molecule has 2 aromatic carbocycles. The number of ether oxygens (including phenoxy) is 2. The molecule has 0 radical (unpaired) electrons. The van der Waals surface area contributed by atoms with Crippen molar-refractivity contribution in [1.29, 1.82) is 0 Å². The van der Waals surface area contributed by atoms with Gasteiger partial charge in [0.25, 0.3) is 0 Å². The van der Waals surface area contributed by atoms with E-state index in [1.54, 1.807) is 14.2 Å². The van der Waals surface area contributed by atoms with Gasteiger partial charge in [0, 0.05) is 23.4 Å². The Bertz CT molecular complexity index is 1130. The zero-order valence-electron chi connectivity index (χ0n) is 18.8. The molecule has 0 saturated carbocycles. The summed E-state index contributed by atoms with van der Waals surface area (Å²) < 4.78 is 10.8. The Morgan fingerprint density at radius 1 is 1.00 bits per heavy atom. The number of pyridine rings is 1. The second kappa shape index (κ2) is 8.91. The Labute approximate surface area is 189 Å². The van der Waals surface area contributed by atoms with Crippen molar-refractivity contribution in [2.75, 3.05) is 27.3 Å². The second-order valence-electron chi connectivity index (χ2n) is 9.08. The molecule has 1 fully saturated rings. The van der Waals surface area contributed by atoms with Gasteiger partial charge in [-0.3, -0.25) is 14.7 Å². The molecule has 2 aliphatic rings. The fourth-order valence-corrected chi connectivity index (χ4v) is 5.30. The number of rotatable bonds is 6. The average molecular weight is 431 g/mol. The number of piperidine rings is 1. The predicted molar refractivity (Wildman–Crippen MR) is 125 cm³/mol. The van der Waals surface area contributed by atoms with Crippen LogP contribution in [0.1, 0.15) is 40.9 Å². The first-order chi connectivity index (χ1) is 15.6. The summed E-state index contributed by atoms with van der Waals surface area (Å²) in [5.74, 6) is 2.29. The summed E-state index contributed by atoms with van der Waals surface area (Å²) in [5.41, 5.74) is 4.10. The van der Waals surface area contributed by atoms with E-state index < -0.39 is 0 Å². The lowest BCUT2D eigenvalue weighted by Gasteiger charge is -2.32. The molecule has 3 aromatic rings. The van der Waals surface area contributed by atoms with Crippen molar-refractivity contribution in [3.8, 4) is 11.5 Å². The van der Waals surface area contributed by atoms with E-state index in [4.69, 9.17) is 14.5 Å². The summed E-state index contributed by atoms with van der Waals surface area (Å²) in [7, 11) is 3.25. The Morgan fingerprint density at radius 2 is 1.75 bits per heavy atom. The summed E-state index contributed by atoms with van der Waals surface area (Å²) in [6.07, 6.45) is 4.07. The number of nitrogens with zero attached hydrogens (tertiary/aromatic N) is 2. The molecule has 166 valence electrons. The van der Waals surface area contributed by atoms with Gasteiger partial charge >= 0.3 is 0 Å². The maximum Gasteiger partial charge on any atom is 0.166 e. The fourth-order valence-electron chi connectivity index (χ4n) is 5.30. The van der Waals surface area contributed by atoms with Crippen LogP contribution in [0.3, 0.4) is 0 Å². The van der Waals surface area contributed by atoms with E-state index in [-0.39, 0.29) is 11.7 Å². The topological polar surface area (TPSA) is 51.7 Å². The number of carbonyl (C=O) groups is 1. The number of Topliss-reactive ketones (excluding diaryl/α,β-unsaturated/α-hetero) is 1. The highest BCUT2D eigenvalue weighted by Gasteiger charge is 2.34. The molecular formula is C27H30N2O3. The van der Waals surface area contributed by atoms with Gasteiger partial charge in [0.2, 0.25) is 0 Å². The molecule has 0 spiro atoms. The van der Waals surface area contributed by atoms with Crippen LogP contribution in [0.4, 0.5) is 0 Å². The number of methoxy groups -OCH3 is 2. The smallest absolute Gasteiger partial charge is 0.166 e. The third kappa shape index (κ3) is 4.09. The zero-order valence-corrected chi connectivity index (χ0v) is 18.8. The first-order valence-electron chi connectivity index (χ1n) is 11.5. The van der Waals surface area contributed by atoms with Gasteiger partial charge in [-0.2, -0.15) is 0 Å². The van der Waals surface area contributed by atoms with Crippen LogP contribution in [0, 0.1) is 11.8 Å². The SMILES string of the molecule is COc1cc2c(cc1OC)C(=O)C(CC1CCN(Cc3ccc4ccccc4n3)CC1)C2. The van der Waals surface area contributed by atoms with E-state index >= 15 is 0 Å². The third-order valence-electron chi connectivity index (χ3n) is 7.08. The van der Waals surface area contributed by atoms with Gasteiger partial charge < -0.3 is 9.47 Å². The lowest BCUT2D eigenvalue weighted by atomic mass is 9.85. The predicted octanol–water partition coefficient (Wildman–Crippen LogP) is 4.91. The van der Waals surface area contributed by atoms with Crippen LogP contribution in [0.25, 0.3) is 10.9 Å². The van der Waals surface area contributed by atoms with Gasteiger partial charge in [-0.05, 0) is 74.5 Å². The minimum absolute atomic E-state index is 0.0838. The summed E-state index contributed by atoms with van der Waals surface area (Å²) in [5, 5.41) is 1.19. The minimum Gasteiger partial charge on any atom is -0.493 e. The van der Waals surface area contributed by atoms with Gasteiger partial charge in [0.15, 0.2) is 17.3 Å². The standard InChI is InChI=1S/C27H30N2O3/c1-31-25-15-20-14-21(27(30)23(20)16-26(25)32-2)13-18-9-11-29(12-10-18)17-22-8-7-19-5-3-4-6-24(19)28-22/h3-8,15-16,18,21H,9-14,17H2,1-2H3. The van der Waals surface area contributed by atoms with Crippen LogP contribution < -0.4 is 9.47 Å². The highest BCUT2D eigenvalue weighted by molar-refractivity contribution is 6.02. The maximum absolute atomic E-state index is 13.0. The molecule has 5 nitrogen and oxygen atoms in total. The van der Waals surface area contributed by atoms with Gasteiger partial charge in [-0.15, -0.1) is 0 Å². The van der Waals surface area contributed by atoms with Crippen molar-refractivity contribution >= 4 is 16.7 Å². The molecule has 0 N–H and O–H groups in total. The number of hydrogen-bond acceptors (Lipinski definition) is 5. The molecule has 32 heavy (non-hydrogen) atoms. The number of fused-ring (bicyclic) bond motifs is 2. The number of aromatic nitrogens is 1. The largest absolute Gasteiger partial charge is 0.493 e. The van der Waals surface area contributed by atoms with Crippen LogP contribution in [-0.2, 0) is 13.0 Å². The molecule has 1 atom stereocenters. The van der Waals surface area contributed by atoms with Crippen LogP contribution in [0.2, 0.25) is 0 Å². The average Bonchev–Trinajstić information content (AvgIpc) is 3.13. The molecule has 1 aliphatic carbocycles. The monoisotopic (exact) mass is 430 g/mol. The fraction of sp³-hybridized carbons (Fsp3) is 0.407. The Hall–Kier alpha value is -2.92. The summed E-state index contributed by atoms with van der Waals surface area (Å²) in [6, 6.07) is 16.4. The molecule has 1 saturated heterocycles. The van der Waals surface area contributed by atoms with Gasteiger partial charge in [0.1, 0.15) is 0 Å². The van der Waals surface area contributed by atoms with E-state index in [1.807, 2.05) is 18.2 Å². The molecule has 1 unspecified atom stereocenters. The number of ketones is 1. The molecule has 1 aliphatic heterocycles. The van der Waals surface area contributed by atoms with Crippen LogP contribution in [0.5, 0.6) is 11.5 Å². The summed E-state index contributed by atoms with van der Waals surface area (Å²) in [6.45, 7) is 3.02. The van der Waals surface area contributed by atoms with Crippen molar-refractivity contribution in [1.82, 2.24) is 9.88 Å². The number of hydrogen-bond donors (Lipinski definition) is 0. The van der Waals surface area contributed by atoms with E-state index in [1.165, 1.54) is 5.39 Å². The number of carbonyl (C=O) groups excluding carboxylic acids is 1. The first-order valence-corrected chi connectivity index (χ1v) is 11.5. The lowest BCUT2D eigenvalue weighted by Crippen LogP contribution is -2.34. The minimum atomic E-state index is 0.0838. The van der Waals surface area contributed by atoms with Gasteiger partial charge in [0.05, 0.1) is 25.4 Å². The van der Waals surface area contributed by atoms with E-state index in [9.17, 15) is 4.79 Å². The van der Waals surface area contributed by atoms with Crippen molar-refractivity contribution in [3.05, 3.63) is 65.4 Å². The quantitative estimate of drug-likeness (QED) is 0.556. The Kier molecular flexibility index (Phi) is 5.83. The Morgan fingerprint density at radius 3 is 2.53 bits per heavy atom. The van der Waals surface area contributed by atoms with E-state index in [0.717, 1.165) is 67.7 Å². The second-order valence-corrected chi connectivity index (χ2v) is 9.08. The Balaban J connectivity index is 1.17. The van der Waals surface area contributed by atoms with Crippen molar-refractivity contribution < 1.29 is 14.3 Å². The molecule has 1 aromatic heterocycles.